The monoisotopic (exact) mass is 256 g/mol. The Kier molecular flexibility index (Phi) is 7.87. The number of hydrogen-bond acceptors (Lipinski definition) is 3. The first-order valence-corrected chi connectivity index (χ1v) is 7.70. The lowest BCUT2D eigenvalue weighted by Gasteiger charge is -2.38. The molecule has 0 heterocycles. The average molecular weight is 256 g/mol. The van der Waals surface area contributed by atoms with E-state index >= 15 is 0 Å². The number of nitrogens with one attached hydrogen (secondary N) is 1. The molecule has 0 aromatic heterocycles. The second-order valence-corrected chi connectivity index (χ2v) is 5.81. The zero-order valence-electron chi connectivity index (χ0n) is 12.7. The van der Waals surface area contributed by atoms with Crippen molar-refractivity contribution in [3.05, 3.63) is 0 Å². The number of hydrogen-bond donors (Lipinski definition) is 1. The van der Waals surface area contributed by atoms with Gasteiger partial charge >= 0.3 is 0 Å². The molecule has 0 aliphatic heterocycles. The van der Waals surface area contributed by atoms with E-state index in [1.807, 2.05) is 0 Å². The van der Waals surface area contributed by atoms with Crippen molar-refractivity contribution in [3.8, 4) is 0 Å². The van der Waals surface area contributed by atoms with Gasteiger partial charge in [0.25, 0.3) is 0 Å². The van der Waals surface area contributed by atoms with Crippen molar-refractivity contribution in [2.24, 2.45) is 0 Å². The molecule has 1 saturated carbocycles. The van der Waals surface area contributed by atoms with Crippen molar-refractivity contribution in [1.82, 2.24) is 10.2 Å². The van der Waals surface area contributed by atoms with Crippen molar-refractivity contribution in [2.45, 2.75) is 71.1 Å². The number of rotatable bonds is 8. The first kappa shape index (κ1) is 15.9. The topological polar surface area (TPSA) is 24.5 Å². The molecule has 108 valence electrons. The Morgan fingerprint density at radius 3 is 2.67 bits per heavy atom. The van der Waals surface area contributed by atoms with Gasteiger partial charge in [0.05, 0.1) is 12.7 Å². The van der Waals surface area contributed by atoms with Gasteiger partial charge in [0.2, 0.25) is 0 Å². The standard InChI is InChI=1S/C15H32N2O/c1-5-10-16-14-8-6-7-9-15(14)17(4)11-12-18-13(2)3/h13-16H,5-12H2,1-4H3. The van der Waals surface area contributed by atoms with Gasteiger partial charge in [-0.15, -0.1) is 0 Å². The van der Waals surface area contributed by atoms with Crippen LogP contribution in [0, 0.1) is 0 Å². The van der Waals surface area contributed by atoms with Crippen LogP contribution < -0.4 is 5.32 Å². The van der Waals surface area contributed by atoms with E-state index in [9.17, 15) is 0 Å². The Labute approximate surface area is 113 Å². The third kappa shape index (κ3) is 5.68. The summed E-state index contributed by atoms with van der Waals surface area (Å²) in [5.74, 6) is 0. The summed E-state index contributed by atoms with van der Waals surface area (Å²) in [5.41, 5.74) is 0. The summed E-state index contributed by atoms with van der Waals surface area (Å²) in [6.07, 6.45) is 7.00. The molecule has 3 nitrogen and oxygen atoms in total. The number of likely N-dealkylation sites (N-methyl/N-ethyl adjacent to an activating group) is 1. The van der Waals surface area contributed by atoms with Crippen LogP contribution in [-0.4, -0.2) is 49.8 Å². The molecule has 1 aliphatic carbocycles. The van der Waals surface area contributed by atoms with Crippen molar-refractivity contribution in [2.75, 3.05) is 26.7 Å². The van der Waals surface area contributed by atoms with Crippen molar-refractivity contribution < 1.29 is 4.74 Å². The molecule has 0 saturated heterocycles. The summed E-state index contributed by atoms with van der Waals surface area (Å²) < 4.78 is 5.66. The summed E-state index contributed by atoms with van der Waals surface area (Å²) in [6, 6.07) is 1.38. The first-order chi connectivity index (χ1) is 8.65. The molecule has 1 fully saturated rings. The fraction of sp³-hybridized carbons (Fsp3) is 1.00. The summed E-state index contributed by atoms with van der Waals surface area (Å²) in [4.78, 5) is 2.49. The molecular formula is C15H32N2O. The van der Waals surface area contributed by atoms with Crippen LogP contribution in [0.5, 0.6) is 0 Å². The summed E-state index contributed by atoms with van der Waals surface area (Å²) in [6.45, 7) is 9.50. The molecule has 0 aromatic rings. The van der Waals surface area contributed by atoms with E-state index in [0.29, 0.717) is 18.2 Å². The normalized spacial score (nSPS) is 25.0. The average Bonchev–Trinajstić information content (AvgIpc) is 2.36. The van der Waals surface area contributed by atoms with Gasteiger partial charge in [-0.1, -0.05) is 19.8 Å². The third-order valence-electron chi connectivity index (χ3n) is 3.85. The van der Waals surface area contributed by atoms with E-state index in [0.717, 1.165) is 19.7 Å². The molecule has 18 heavy (non-hydrogen) atoms. The molecule has 0 aromatic carbocycles. The summed E-state index contributed by atoms with van der Waals surface area (Å²) >= 11 is 0. The molecule has 0 amide bonds. The highest BCUT2D eigenvalue weighted by molar-refractivity contribution is 4.87. The number of nitrogens with zero attached hydrogens (tertiary/aromatic N) is 1. The van der Waals surface area contributed by atoms with Crippen LogP contribution in [0.15, 0.2) is 0 Å². The minimum Gasteiger partial charge on any atom is -0.377 e. The van der Waals surface area contributed by atoms with Gasteiger partial charge in [-0.25, -0.2) is 0 Å². The Morgan fingerprint density at radius 1 is 1.28 bits per heavy atom. The molecule has 1 N–H and O–H groups in total. The SMILES string of the molecule is CCCNC1CCCCC1N(C)CCOC(C)C. The molecule has 0 spiro atoms. The van der Waals surface area contributed by atoms with E-state index in [1.54, 1.807) is 0 Å². The molecular weight excluding hydrogens is 224 g/mol. The lowest BCUT2D eigenvalue weighted by atomic mass is 9.89. The third-order valence-corrected chi connectivity index (χ3v) is 3.85. The van der Waals surface area contributed by atoms with Crippen molar-refractivity contribution >= 4 is 0 Å². The van der Waals surface area contributed by atoms with Gasteiger partial charge < -0.3 is 10.1 Å². The minimum atomic E-state index is 0.346. The summed E-state index contributed by atoms with van der Waals surface area (Å²) in [7, 11) is 2.25. The van der Waals surface area contributed by atoms with E-state index < -0.39 is 0 Å². The maximum Gasteiger partial charge on any atom is 0.0596 e. The maximum atomic E-state index is 5.66. The molecule has 0 radical (unpaired) electrons. The molecule has 1 aliphatic rings. The van der Waals surface area contributed by atoms with Gasteiger partial charge in [-0.2, -0.15) is 0 Å². The lowest BCUT2D eigenvalue weighted by molar-refractivity contribution is 0.0460. The van der Waals surface area contributed by atoms with Crippen LogP contribution in [0.2, 0.25) is 0 Å². The van der Waals surface area contributed by atoms with Crippen LogP contribution >= 0.6 is 0 Å². The largest absolute Gasteiger partial charge is 0.377 e. The van der Waals surface area contributed by atoms with Gasteiger partial charge in [0.15, 0.2) is 0 Å². The predicted octanol–water partition coefficient (Wildman–Crippen LogP) is 2.65. The lowest BCUT2D eigenvalue weighted by Crippen LogP contribution is -2.51. The Bertz CT molecular complexity index is 209. The smallest absolute Gasteiger partial charge is 0.0596 e. The van der Waals surface area contributed by atoms with E-state index in [-0.39, 0.29) is 0 Å². The van der Waals surface area contributed by atoms with E-state index in [1.165, 1.54) is 32.1 Å². The van der Waals surface area contributed by atoms with Crippen molar-refractivity contribution in [1.29, 1.82) is 0 Å². The van der Waals surface area contributed by atoms with Crippen LogP contribution in [0.1, 0.15) is 52.9 Å². The fourth-order valence-electron chi connectivity index (χ4n) is 2.80. The first-order valence-electron chi connectivity index (χ1n) is 7.70. The highest BCUT2D eigenvalue weighted by Crippen LogP contribution is 2.22. The molecule has 1 rings (SSSR count). The highest BCUT2D eigenvalue weighted by Gasteiger charge is 2.27. The minimum absolute atomic E-state index is 0.346. The van der Waals surface area contributed by atoms with Gasteiger partial charge in [-0.3, -0.25) is 4.90 Å². The predicted molar refractivity (Wildman–Crippen MR) is 78.1 cm³/mol. The second kappa shape index (κ2) is 8.89. The van der Waals surface area contributed by atoms with Crippen LogP contribution in [-0.2, 0) is 4.74 Å². The van der Waals surface area contributed by atoms with Crippen LogP contribution in [0.25, 0.3) is 0 Å². The molecule has 2 unspecified atom stereocenters. The van der Waals surface area contributed by atoms with Crippen molar-refractivity contribution in [3.63, 3.8) is 0 Å². The number of ether oxygens (including phenoxy) is 1. The molecule has 3 heteroatoms. The van der Waals surface area contributed by atoms with Gasteiger partial charge in [0.1, 0.15) is 0 Å². The summed E-state index contributed by atoms with van der Waals surface area (Å²) in [5, 5.41) is 3.72. The quantitative estimate of drug-likeness (QED) is 0.722. The van der Waals surface area contributed by atoms with E-state index in [4.69, 9.17) is 4.74 Å². The second-order valence-electron chi connectivity index (χ2n) is 5.81. The van der Waals surface area contributed by atoms with E-state index in [2.05, 4.69) is 38.0 Å². The van der Waals surface area contributed by atoms with Crippen LogP contribution in [0.3, 0.4) is 0 Å². The molecule has 2 atom stereocenters. The Hall–Kier alpha value is -0.120. The maximum absolute atomic E-state index is 5.66. The van der Waals surface area contributed by atoms with Gasteiger partial charge in [0, 0.05) is 18.6 Å². The Balaban J connectivity index is 2.34. The molecule has 0 bridgehead atoms. The van der Waals surface area contributed by atoms with Gasteiger partial charge in [-0.05, 0) is 46.7 Å². The van der Waals surface area contributed by atoms with Crippen LogP contribution in [0.4, 0.5) is 0 Å². The zero-order valence-corrected chi connectivity index (χ0v) is 12.7. The zero-order chi connectivity index (χ0) is 13.4. The Morgan fingerprint density at radius 2 is 2.00 bits per heavy atom. The highest BCUT2D eigenvalue weighted by atomic mass is 16.5. The fourth-order valence-corrected chi connectivity index (χ4v) is 2.80.